The Morgan fingerprint density at radius 3 is 2.50 bits per heavy atom. The summed E-state index contributed by atoms with van der Waals surface area (Å²) in [6.45, 7) is 3.65. The molecule has 1 heterocycles. The van der Waals surface area contributed by atoms with E-state index in [-0.39, 0.29) is 18.2 Å². The van der Waals surface area contributed by atoms with Gasteiger partial charge in [0.2, 0.25) is 5.95 Å². The molecule has 2 rings (SSSR count). The molecule has 0 radical (unpaired) electrons. The summed E-state index contributed by atoms with van der Waals surface area (Å²) >= 11 is 0. The molecule has 0 saturated carbocycles. The van der Waals surface area contributed by atoms with Gasteiger partial charge in [-0.3, -0.25) is 4.79 Å². The lowest BCUT2D eigenvalue weighted by molar-refractivity contribution is 0.0821. The van der Waals surface area contributed by atoms with Crippen LogP contribution in [0.1, 0.15) is 23.1 Å². The number of nitrogens with zero attached hydrogens (tertiary/aromatic N) is 3. The second-order valence-corrected chi connectivity index (χ2v) is 5.23. The number of carbonyl (C=O) groups excluding carboxylic acids is 2. The molecule has 0 spiro atoms. The molecule has 0 atom stereocenters. The highest BCUT2D eigenvalue weighted by Gasteiger charge is 2.22. The highest BCUT2D eigenvalue weighted by atomic mass is 16.6. The SMILES string of the molecule is CCOC(=O)Nn1c(Nc2ccccc2)nc(C(=O)N(C)C)c1C. The molecule has 0 aliphatic carbocycles. The lowest BCUT2D eigenvalue weighted by Crippen LogP contribution is -2.27. The molecule has 8 heteroatoms. The number of amides is 2. The van der Waals surface area contributed by atoms with Gasteiger partial charge in [-0.15, -0.1) is 0 Å². The van der Waals surface area contributed by atoms with E-state index >= 15 is 0 Å². The number of aromatic nitrogens is 2. The molecule has 1 aromatic carbocycles. The quantitative estimate of drug-likeness (QED) is 0.878. The van der Waals surface area contributed by atoms with Crippen LogP contribution in [0.25, 0.3) is 0 Å². The van der Waals surface area contributed by atoms with Crippen molar-refractivity contribution in [2.75, 3.05) is 31.4 Å². The number of nitrogens with one attached hydrogen (secondary N) is 2. The predicted octanol–water partition coefficient (Wildman–Crippen LogP) is 2.34. The first-order valence-corrected chi connectivity index (χ1v) is 7.50. The van der Waals surface area contributed by atoms with Gasteiger partial charge in [-0.1, -0.05) is 18.2 Å². The first kappa shape index (κ1) is 17.3. The van der Waals surface area contributed by atoms with Crippen LogP contribution >= 0.6 is 0 Å². The van der Waals surface area contributed by atoms with Gasteiger partial charge in [-0.25, -0.2) is 19.9 Å². The van der Waals surface area contributed by atoms with Gasteiger partial charge in [0.15, 0.2) is 5.69 Å². The van der Waals surface area contributed by atoms with Gasteiger partial charge in [-0.05, 0) is 26.0 Å². The highest BCUT2D eigenvalue weighted by molar-refractivity contribution is 5.94. The fraction of sp³-hybridized carbons (Fsp3) is 0.312. The van der Waals surface area contributed by atoms with Crippen molar-refractivity contribution in [3.05, 3.63) is 41.7 Å². The molecular weight excluding hydrogens is 310 g/mol. The summed E-state index contributed by atoms with van der Waals surface area (Å²) in [7, 11) is 3.29. The van der Waals surface area contributed by atoms with Crippen LogP contribution in [-0.2, 0) is 4.74 Å². The summed E-state index contributed by atoms with van der Waals surface area (Å²) < 4.78 is 6.31. The third-order valence-corrected chi connectivity index (χ3v) is 3.22. The zero-order valence-electron chi connectivity index (χ0n) is 14.2. The molecule has 24 heavy (non-hydrogen) atoms. The van der Waals surface area contributed by atoms with Gasteiger partial charge in [0, 0.05) is 19.8 Å². The van der Waals surface area contributed by atoms with Crippen LogP contribution in [0.5, 0.6) is 0 Å². The first-order chi connectivity index (χ1) is 11.4. The Bertz CT molecular complexity index is 725. The summed E-state index contributed by atoms with van der Waals surface area (Å²) in [4.78, 5) is 29.8. The molecule has 8 nitrogen and oxygen atoms in total. The molecule has 1 aromatic heterocycles. The van der Waals surface area contributed by atoms with Crippen molar-refractivity contribution in [2.45, 2.75) is 13.8 Å². The van der Waals surface area contributed by atoms with Crippen molar-refractivity contribution >= 4 is 23.6 Å². The second-order valence-electron chi connectivity index (χ2n) is 5.23. The fourth-order valence-corrected chi connectivity index (χ4v) is 2.04. The van der Waals surface area contributed by atoms with E-state index in [1.165, 1.54) is 9.58 Å². The highest BCUT2D eigenvalue weighted by Crippen LogP contribution is 2.19. The average molecular weight is 331 g/mol. The lowest BCUT2D eigenvalue weighted by Gasteiger charge is -2.12. The number of anilines is 2. The predicted molar refractivity (Wildman–Crippen MR) is 91.1 cm³/mol. The van der Waals surface area contributed by atoms with Gasteiger partial charge in [-0.2, -0.15) is 0 Å². The fourth-order valence-electron chi connectivity index (χ4n) is 2.04. The largest absolute Gasteiger partial charge is 0.449 e. The number of imidazole rings is 1. The zero-order chi connectivity index (χ0) is 17.7. The molecule has 2 amide bonds. The molecule has 2 aromatic rings. The smallest absolute Gasteiger partial charge is 0.426 e. The average Bonchev–Trinajstić information content (AvgIpc) is 2.84. The minimum Gasteiger partial charge on any atom is -0.449 e. The van der Waals surface area contributed by atoms with E-state index in [9.17, 15) is 9.59 Å². The molecular formula is C16H21N5O3. The number of para-hydroxylation sites is 1. The summed E-state index contributed by atoms with van der Waals surface area (Å²) in [5.41, 5.74) is 4.10. The Balaban J connectivity index is 2.40. The first-order valence-electron chi connectivity index (χ1n) is 7.50. The van der Waals surface area contributed by atoms with Gasteiger partial charge >= 0.3 is 6.09 Å². The Kier molecular flexibility index (Phi) is 5.41. The van der Waals surface area contributed by atoms with Gasteiger partial charge < -0.3 is 15.0 Å². The van der Waals surface area contributed by atoms with Gasteiger partial charge in [0.05, 0.1) is 12.3 Å². The van der Waals surface area contributed by atoms with Crippen molar-refractivity contribution < 1.29 is 14.3 Å². The maximum atomic E-state index is 12.3. The van der Waals surface area contributed by atoms with E-state index in [1.807, 2.05) is 30.3 Å². The van der Waals surface area contributed by atoms with E-state index in [0.717, 1.165) is 5.69 Å². The minimum atomic E-state index is -0.627. The second kappa shape index (κ2) is 7.49. The van der Waals surface area contributed by atoms with Crippen molar-refractivity contribution in [3.8, 4) is 0 Å². The Hall–Kier alpha value is -3.03. The van der Waals surface area contributed by atoms with Crippen molar-refractivity contribution in [3.63, 3.8) is 0 Å². The van der Waals surface area contributed by atoms with Crippen LogP contribution in [0, 0.1) is 6.92 Å². The van der Waals surface area contributed by atoms with Crippen molar-refractivity contribution in [1.29, 1.82) is 0 Å². The molecule has 0 aliphatic rings. The number of carbonyl (C=O) groups is 2. The molecule has 2 N–H and O–H groups in total. The Morgan fingerprint density at radius 1 is 1.25 bits per heavy atom. The molecule has 0 unspecified atom stereocenters. The standard InChI is InChI=1S/C16H21N5O3/c1-5-24-16(23)19-21-11(2)13(14(22)20(3)4)18-15(21)17-12-9-7-6-8-10-12/h6-10H,5H2,1-4H3,(H,17,18)(H,19,23). The molecule has 0 aliphatic heterocycles. The van der Waals surface area contributed by atoms with E-state index in [0.29, 0.717) is 11.6 Å². The van der Waals surface area contributed by atoms with Crippen LogP contribution in [-0.4, -0.2) is 47.3 Å². The topological polar surface area (TPSA) is 88.5 Å². The monoisotopic (exact) mass is 331 g/mol. The summed E-state index contributed by atoms with van der Waals surface area (Å²) in [6.07, 6.45) is -0.627. The van der Waals surface area contributed by atoms with E-state index in [4.69, 9.17) is 4.74 Å². The number of rotatable bonds is 5. The number of hydrogen-bond acceptors (Lipinski definition) is 5. The minimum absolute atomic E-state index is 0.241. The maximum absolute atomic E-state index is 12.3. The van der Waals surface area contributed by atoms with Crippen LogP contribution in [0.2, 0.25) is 0 Å². The zero-order valence-corrected chi connectivity index (χ0v) is 14.2. The van der Waals surface area contributed by atoms with Crippen LogP contribution in [0.15, 0.2) is 30.3 Å². The molecule has 0 fully saturated rings. The lowest BCUT2D eigenvalue weighted by atomic mass is 10.3. The third-order valence-electron chi connectivity index (χ3n) is 3.22. The Labute approximate surface area is 140 Å². The molecule has 128 valence electrons. The third kappa shape index (κ3) is 3.83. The van der Waals surface area contributed by atoms with E-state index < -0.39 is 6.09 Å². The van der Waals surface area contributed by atoms with Crippen LogP contribution in [0.3, 0.4) is 0 Å². The molecule has 0 saturated heterocycles. The van der Waals surface area contributed by atoms with Crippen LogP contribution < -0.4 is 10.7 Å². The van der Waals surface area contributed by atoms with Gasteiger partial charge in [0.1, 0.15) is 0 Å². The number of ether oxygens (including phenoxy) is 1. The summed E-state index contributed by atoms with van der Waals surface area (Å²) in [5.74, 6) is 0.0602. The number of benzene rings is 1. The Morgan fingerprint density at radius 2 is 1.92 bits per heavy atom. The normalized spacial score (nSPS) is 10.2. The molecule has 0 bridgehead atoms. The maximum Gasteiger partial charge on any atom is 0.426 e. The van der Waals surface area contributed by atoms with Crippen molar-refractivity contribution in [2.24, 2.45) is 0 Å². The summed E-state index contributed by atoms with van der Waals surface area (Å²) in [6, 6.07) is 9.33. The van der Waals surface area contributed by atoms with Crippen molar-refractivity contribution in [1.82, 2.24) is 14.6 Å². The van der Waals surface area contributed by atoms with Gasteiger partial charge in [0.25, 0.3) is 5.91 Å². The number of hydrogen-bond donors (Lipinski definition) is 2. The van der Waals surface area contributed by atoms with E-state index in [2.05, 4.69) is 15.7 Å². The van der Waals surface area contributed by atoms with Crippen LogP contribution in [0.4, 0.5) is 16.4 Å². The van der Waals surface area contributed by atoms with E-state index in [1.54, 1.807) is 27.9 Å². The summed E-state index contributed by atoms with van der Waals surface area (Å²) in [5, 5.41) is 3.09.